The third kappa shape index (κ3) is 3.80. The minimum atomic E-state index is 0.0900. The van der Waals surface area contributed by atoms with Crippen molar-refractivity contribution >= 4 is 5.91 Å². The zero-order valence-electron chi connectivity index (χ0n) is 9.83. The van der Waals surface area contributed by atoms with Gasteiger partial charge in [-0.25, -0.2) is 0 Å². The van der Waals surface area contributed by atoms with Gasteiger partial charge in [0.25, 0.3) is 0 Å². The van der Waals surface area contributed by atoms with Gasteiger partial charge in [0.05, 0.1) is 0 Å². The van der Waals surface area contributed by atoms with Crippen LogP contribution in [0.4, 0.5) is 0 Å². The first-order valence-electron chi connectivity index (χ1n) is 5.89. The fourth-order valence-corrected chi connectivity index (χ4v) is 1.98. The second-order valence-electron chi connectivity index (χ2n) is 4.24. The molecule has 0 aromatic carbocycles. The molecule has 0 radical (unpaired) electrons. The molecule has 1 fully saturated rings. The van der Waals surface area contributed by atoms with Crippen molar-refractivity contribution in [2.24, 2.45) is 5.73 Å². The largest absolute Gasteiger partial charge is 0.359 e. The molecule has 0 aromatic rings. The maximum Gasteiger partial charge on any atom is 0.221 e. The molecule has 1 saturated carbocycles. The van der Waals surface area contributed by atoms with Gasteiger partial charge in [0.15, 0.2) is 0 Å². The molecule has 4 nitrogen and oxygen atoms in total. The Morgan fingerprint density at radius 1 is 1.60 bits per heavy atom. The van der Waals surface area contributed by atoms with Crippen molar-refractivity contribution in [1.82, 2.24) is 10.2 Å². The van der Waals surface area contributed by atoms with E-state index in [1.165, 1.54) is 12.8 Å². The normalized spacial score (nSPS) is 17.9. The summed E-state index contributed by atoms with van der Waals surface area (Å²) in [6, 6.07) is 0.903. The predicted molar refractivity (Wildman–Crippen MR) is 61.5 cm³/mol. The van der Waals surface area contributed by atoms with Gasteiger partial charge in [-0.05, 0) is 25.8 Å². The third-order valence-electron chi connectivity index (χ3n) is 2.94. The first-order valence-corrected chi connectivity index (χ1v) is 5.89. The number of nitrogens with two attached hydrogens (primary N) is 1. The van der Waals surface area contributed by atoms with E-state index in [-0.39, 0.29) is 11.9 Å². The van der Waals surface area contributed by atoms with E-state index in [2.05, 4.69) is 17.1 Å². The summed E-state index contributed by atoms with van der Waals surface area (Å²) in [4.78, 5) is 13.8. The standard InChI is InChI=1S/C11H23N3O/c1-3-6-14(9-4-5-9)10(8-12)7-11(15)13-2/h9-10H,3-8,12H2,1-2H3,(H,13,15). The highest BCUT2D eigenvalue weighted by molar-refractivity contribution is 5.76. The van der Waals surface area contributed by atoms with Gasteiger partial charge in [0, 0.05) is 32.1 Å². The van der Waals surface area contributed by atoms with Crippen molar-refractivity contribution in [3.63, 3.8) is 0 Å². The van der Waals surface area contributed by atoms with Crippen LogP contribution in [0.5, 0.6) is 0 Å². The van der Waals surface area contributed by atoms with E-state index < -0.39 is 0 Å². The maximum absolute atomic E-state index is 11.3. The van der Waals surface area contributed by atoms with Gasteiger partial charge in [-0.15, -0.1) is 0 Å². The fraction of sp³-hybridized carbons (Fsp3) is 0.909. The lowest BCUT2D eigenvalue weighted by atomic mass is 10.1. The quantitative estimate of drug-likeness (QED) is 0.640. The first-order chi connectivity index (χ1) is 7.22. The molecule has 0 spiro atoms. The zero-order valence-corrected chi connectivity index (χ0v) is 9.83. The average Bonchev–Trinajstić information content (AvgIpc) is 3.06. The molecule has 1 rings (SSSR count). The number of carbonyl (C=O) groups is 1. The van der Waals surface area contributed by atoms with E-state index in [9.17, 15) is 4.79 Å². The molecule has 0 heterocycles. The van der Waals surface area contributed by atoms with Crippen molar-refractivity contribution in [2.75, 3.05) is 20.1 Å². The Balaban J connectivity index is 2.48. The smallest absolute Gasteiger partial charge is 0.221 e. The Morgan fingerprint density at radius 3 is 2.67 bits per heavy atom. The van der Waals surface area contributed by atoms with E-state index in [1.54, 1.807) is 7.05 Å². The second kappa shape index (κ2) is 6.08. The number of amides is 1. The third-order valence-corrected chi connectivity index (χ3v) is 2.94. The van der Waals surface area contributed by atoms with E-state index in [0.717, 1.165) is 13.0 Å². The number of hydrogen-bond acceptors (Lipinski definition) is 3. The van der Waals surface area contributed by atoms with Crippen LogP contribution in [0, 0.1) is 0 Å². The summed E-state index contributed by atoms with van der Waals surface area (Å²) in [5, 5.41) is 2.66. The Kier molecular flexibility index (Phi) is 5.05. The van der Waals surface area contributed by atoms with Crippen LogP contribution in [0.25, 0.3) is 0 Å². The molecule has 1 aliphatic carbocycles. The van der Waals surface area contributed by atoms with Crippen molar-refractivity contribution < 1.29 is 4.79 Å². The molecule has 88 valence electrons. The van der Waals surface area contributed by atoms with E-state index in [1.807, 2.05) is 0 Å². The topological polar surface area (TPSA) is 58.4 Å². The Hall–Kier alpha value is -0.610. The first kappa shape index (κ1) is 12.5. The number of rotatable bonds is 7. The second-order valence-corrected chi connectivity index (χ2v) is 4.24. The highest BCUT2D eigenvalue weighted by Crippen LogP contribution is 2.29. The highest BCUT2D eigenvalue weighted by Gasteiger charge is 2.33. The van der Waals surface area contributed by atoms with Crippen molar-refractivity contribution in [3.05, 3.63) is 0 Å². The van der Waals surface area contributed by atoms with Crippen LogP contribution < -0.4 is 11.1 Å². The molecule has 0 saturated heterocycles. The van der Waals surface area contributed by atoms with Crippen LogP contribution in [-0.4, -0.2) is 43.0 Å². The van der Waals surface area contributed by atoms with Crippen molar-refractivity contribution in [1.29, 1.82) is 0 Å². The number of nitrogens with one attached hydrogen (secondary N) is 1. The van der Waals surface area contributed by atoms with E-state index >= 15 is 0 Å². The van der Waals surface area contributed by atoms with Gasteiger partial charge in [-0.3, -0.25) is 9.69 Å². The molecule has 0 aromatic heterocycles. The SMILES string of the molecule is CCCN(C1CC1)C(CN)CC(=O)NC. The van der Waals surface area contributed by atoms with Gasteiger partial charge in [-0.1, -0.05) is 6.92 Å². The van der Waals surface area contributed by atoms with Gasteiger partial charge in [0.1, 0.15) is 0 Å². The lowest BCUT2D eigenvalue weighted by Gasteiger charge is -2.30. The summed E-state index contributed by atoms with van der Waals surface area (Å²) in [5.74, 6) is 0.0900. The molecule has 1 amide bonds. The minimum Gasteiger partial charge on any atom is -0.359 e. The van der Waals surface area contributed by atoms with Crippen LogP contribution in [-0.2, 0) is 4.79 Å². The van der Waals surface area contributed by atoms with E-state index in [4.69, 9.17) is 5.73 Å². The molecular formula is C11H23N3O. The van der Waals surface area contributed by atoms with Gasteiger partial charge in [-0.2, -0.15) is 0 Å². The van der Waals surface area contributed by atoms with Crippen LogP contribution in [0.1, 0.15) is 32.6 Å². The van der Waals surface area contributed by atoms with Gasteiger partial charge in [0.2, 0.25) is 5.91 Å². The van der Waals surface area contributed by atoms with E-state index in [0.29, 0.717) is 19.0 Å². The van der Waals surface area contributed by atoms with Crippen molar-refractivity contribution in [3.8, 4) is 0 Å². The highest BCUT2D eigenvalue weighted by atomic mass is 16.1. The summed E-state index contributed by atoms with van der Waals surface area (Å²) >= 11 is 0. The van der Waals surface area contributed by atoms with Crippen LogP contribution in [0.15, 0.2) is 0 Å². The lowest BCUT2D eigenvalue weighted by Crippen LogP contribution is -2.45. The van der Waals surface area contributed by atoms with Crippen LogP contribution >= 0.6 is 0 Å². The van der Waals surface area contributed by atoms with Crippen LogP contribution in [0.2, 0.25) is 0 Å². The Morgan fingerprint density at radius 2 is 2.27 bits per heavy atom. The van der Waals surface area contributed by atoms with Gasteiger partial charge < -0.3 is 11.1 Å². The van der Waals surface area contributed by atoms with Gasteiger partial charge >= 0.3 is 0 Å². The van der Waals surface area contributed by atoms with Crippen molar-refractivity contribution in [2.45, 2.75) is 44.7 Å². The summed E-state index contributed by atoms with van der Waals surface area (Å²) in [6.07, 6.45) is 4.19. The monoisotopic (exact) mass is 213 g/mol. The molecule has 1 atom stereocenters. The summed E-state index contributed by atoms with van der Waals surface area (Å²) in [7, 11) is 1.68. The lowest BCUT2D eigenvalue weighted by molar-refractivity contribution is -0.121. The Labute approximate surface area is 92.2 Å². The molecule has 1 unspecified atom stereocenters. The minimum absolute atomic E-state index is 0.0900. The molecule has 0 bridgehead atoms. The summed E-state index contributed by atoms with van der Waals surface area (Å²) in [5.41, 5.74) is 5.75. The number of nitrogens with zero attached hydrogens (tertiary/aromatic N) is 1. The molecule has 15 heavy (non-hydrogen) atoms. The fourth-order valence-electron chi connectivity index (χ4n) is 1.98. The Bertz CT molecular complexity index is 204. The average molecular weight is 213 g/mol. The molecule has 4 heteroatoms. The predicted octanol–water partition coefficient (Wildman–Crippen LogP) is 0.324. The van der Waals surface area contributed by atoms with Crippen LogP contribution in [0.3, 0.4) is 0 Å². The summed E-state index contributed by atoms with van der Waals surface area (Å²) < 4.78 is 0. The molecular weight excluding hydrogens is 190 g/mol. The molecule has 3 N–H and O–H groups in total. The maximum atomic E-state index is 11.3. The molecule has 1 aliphatic rings. The number of carbonyl (C=O) groups excluding carboxylic acids is 1. The molecule has 0 aliphatic heterocycles. The number of hydrogen-bond donors (Lipinski definition) is 2. The summed E-state index contributed by atoms with van der Waals surface area (Å²) in [6.45, 7) is 3.80. The zero-order chi connectivity index (χ0) is 11.3.